The summed E-state index contributed by atoms with van der Waals surface area (Å²) in [5.41, 5.74) is 1.22. The van der Waals surface area contributed by atoms with Gasteiger partial charge in [-0.2, -0.15) is 0 Å². The fourth-order valence-electron chi connectivity index (χ4n) is 2.05. The van der Waals surface area contributed by atoms with Crippen molar-refractivity contribution in [1.82, 2.24) is 4.90 Å². The Balaban J connectivity index is 3.38. The highest BCUT2D eigenvalue weighted by Crippen LogP contribution is 2.20. The summed E-state index contributed by atoms with van der Waals surface area (Å²) in [6, 6.07) is 5.68. The Hall–Kier alpha value is -0.513. The highest BCUT2D eigenvalue weighted by molar-refractivity contribution is 6.94. The molecule has 0 atom stereocenters. The van der Waals surface area contributed by atoms with Crippen molar-refractivity contribution in [3.8, 4) is 0 Å². The lowest BCUT2D eigenvalue weighted by molar-refractivity contribution is 0.0774. The normalized spacial score (nSPS) is 11.5. The molecule has 0 aliphatic heterocycles. The lowest BCUT2D eigenvalue weighted by Crippen LogP contribution is -2.48. The summed E-state index contributed by atoms with van der Waals surface area (Å²) in [5, 5.41) is 1.58. The number of carbonyl (C=O) groups excluding carboxylic acids is 1. The van der Waals surface area contributed by atoms with Crippen LogP contribution in [0.25, 0.3) is 0 Å². The first-order valence-corrected chi connectivity index (χ1v) is 10.6. The summed E-state index contributed by atoms with van der Waals surface area (Å²) in [7, 11) is -1.83. The van der Waals surface area contributed by atoms with E-state index < -0.39 is 8.07 Å². The molecule has 0 unspecified atom stereocenters. The maximum Gasteiger partial charge on any atom is 0.255 e. The van der Waals surface area contributed by atoms with E-state index in [0.29, 0.717) is 29.2 Å². The monoisotopic (exact) mass is 317 g/mol. The van der Waals surface area contributed by atoms with Crippen LogP contribution in [0.5, 0.6) is 0 Å². The van der Waals surface area contributed by atoms with Crippen LogP contribution >= 0.6 is 23.2 Å². The highest BCUT2D eigenvalue weighted by atomic mass is 35.5. The van der Waals surface area contributed by atoms with Crippen LogP contribution in [-0.4, -0.2) is 37.5 Å². The van der Waals surface area contributed by atoms with Crippen LogP contribution in [0.3, 0.4) is 0 Å². The molecule has 5 heteroatoms. The van der Waals surface area contributed by atoms with Crippen molar-refractivity contribution in [2.45, 2.75) is 26.9 Å². The largest absolute Gasteiger partial charge is 0.339 e. The standard InChI is InChI=1S/C14H21Cl2NOSi/c1-5-17(6-2)14(18)13-11(16)8-7-9-12(13)19(3,4)10-15/h7-9H,5-6,10H2,1-4H3. The molecular formula is C14H21Cl2NOSi. The van der Waals surface area contributed by atoms with Gasteiger partial charge in [0.15, 0.2) is 0 Å². The first-order valence-electron chi connectivity index (χ1n) is 6.53. The average molecular weight is 318 g/mol. The van der Waals surface area contributed by atoms with Gasteiger partial charge in [-0.1, -0.05) is 36.8 Å². The molecule has 19 heavy (non-hydrogen) atoms. The number of halogens is 2. The Morgan fingerprint density at radius 3 is 2.32 bits per heavy atom. The molecule has 0 aliphatic rings. The predicted molar refractivity (Wildman–Crippen MR) is 86.5 cm³/mol. The van der Waals surface area contributed by atoms with Gasteiger partial charge in [-0.3, -0.25) is 4.79 Å². The zero-order valence-corrected chi connectivity index (χ0v) is 14.5. The van der Waals surface area contributed by atoms with Gasteiger partial charge in [0.2, 0.25) is 0 Å². The Morgan fingerprint density at radius 2 is 1.84 bits per heavy atom. The topological polar surface area (TPSA) is 20.3 Å². The second-order valence-electron chi connectivity index (χ2n) is 5.16. The average Bonchev–Trinajstić information content (AvgIpc) is 2.39. The fraction of sp³-hybridized carbons (Fsp3) is 0.500. The van der Waals surface area contributed by atoms with E-state index in [2.05, 4.69) is 13.1 Å². The lowest BCUT2D eigenvalue weighted by atomic mass is 10.2. The van der Waals surface area contributed by atoms with Crippen molar-refractivity contribution in [3.05, 3.63) is 28.8 Å². The lowest BCUT2D eigenvalue weighted by Gasteiger charge is -2.26. The van der Waals surface area contributed by atoms with E-state index in [1.165, 1.54) is 0 Å². The molecule has 0 N–H and O–H groups in total. The third kappa shape index (κ3) is 3.53. The van der Waals surface area contributed by atoms with E-state index in [0.717, 1.165) is 5.19 Å². The summed E-state index contributed by atoms with van der Waals surface area (Å²) in [5.74, 6) is 0.0105. The van der Waals surface area contributed by atoms with E-state index in [1.54, 1.807) is 11.0 Å². The van der Waals surface area contributed by atoms with Crippen LogP contribution < -0.4 is 5.19 Å². The molecule has 0 saturated carbocycles. The van der Waals surface area contributed by atoms with Gasteiger partial charge in [-0.25, -0.2) is 0 Å². The van der Waals surface area contributed by atoms with Crippen molar-refractivity contribution >= 4 is 42.4 Å². The quantitative estimate of drug-likeness (QED) is 0.601. The molecular weight excluding hydrogens is 297 g/mol. The molecule has 0 spiro atoms. The van der Waals surface area contributed by atoms with Crippen molar-refractivity contribution < 1.29 is 4.79 Å². The fourth-order valence-corrected chi connectivity index (χ4v) is 4.42. The van der Waals surface area contributed by atoms with Crippen LogP contribution in [0.2, 0.25) is 18.1 Å². The Bertz CT molecular complexity index is 459. The van der Waals surface area contributed by atoms with Crippen LogP contribution in [0.4, 0.5) is 0 Å². The number of hydrogen-bond donors (Lipinski definition) is 0. The molecule has 0 heterocycles. The van der Waals surface area contributed by atoms with E-state index in [9.17, 15) is 4.79 Å². The molecule has 0 bridgehead atoms. The zero-order chi connectivity index (χ0) is 14.6. The van der Waals surface area contributed by atoms with Gasteiger partial charge >= 0.3 is 0 Å². The van der Waals surface area contributed by atoms with Crippen LogP contribution in [0, 0.1) is 0 Å². The third-order valence-electron chi connectivity index (χ3n) is 3.34. The molecule has 0 fully saturated rings. The molecule has 106 valence electrons. The summed E-state index contributed by atoms with van der Waals surface area (Å²) in [4.78, 5) is 14.4. The van der Waals surface area contributed by atoms with Gasteiger partial charge in [0.05, 0.1) is 18.7 Å². The van der Waals surface area contributed by atoms with Crippen molar-refractivity contribution in [1.29, 1.82) is 0 Å². The first kappa shape index (κ1) is 16.5. The molecule has 1 aromatic rings. The SMILES string of the molecule is CCN(CC)C(=O)c1c(Cl)cccc1[Si](C)(C)CCl. The Labute approximate surface area is 126 Å². The van der Waals surface area contributed by atoms with E-state index in [4.69, 9.17) is 23.2 Å². The predicted octanol–water partition coefficient (Wildman–Crippen LogP) is 3.52. The molecule has 0 radical (unpaired) electrons. The van der Waals surface area contributed by atoms with Gasteiger partial charge in [0.1, 0.15) is 0 Å². The molecule has 1 amide bonds. The number of amides is 1. The number of alkyl halides is 1. The first-order chi connectivity index (χ1) is 8.88. The van der Waals surface area contributed by atoms with Crippen molar-refractivity contribution in [3.63, 3.8) is 0 Å². The smallest absolute Gasteiger partial charge is 0.255 e. The highest BCUT2D eigenvalue weighted by Gasteiger charge is 2.30. The number of nitrogens with zero attached hydrogens (tertiary/aromatic N) is 1. The second-order valence-corrected chi connectivity index (χ2v) is 10.9. The van der Waals surface area contributed by atoms with Gasteiger partial charge in [0, 0.05) is 18.6 Å². The zero-order valence-electron chi connectivity index (χ0n) is 12.0. The van der Waals surface area contributed by atoms with E-state index in [1.807, 2.05) is 26.0 Å². The van der Waals surface area contributed by atoms with Crippen LogP contribution in [0.1, 0.15) is 24.2 Å². The molecule has 1 rings (SSSR count). The minimum Gasteiger partial charge on any atom is -0.339 e. The summed E-state index contributed by atoms with van der Waals surface area (Å²) in [6.45, 7) is 9.63. The molecule has 0 aliphatic carbocycles. The van der Waals surface area contributed by atoms with Crippen molar-refractivity contribution in [2.75, 3.05) is 18.6 Å². The minimum atomic E-state index is -1.83. The van der Waals surface area contributed by atoms with Crippen LogP contribution in [0.15, 0.2) is 18.2 Å². The van der Waals surface area contributed by atoms with Crippen LogP contribution in [-0.2, 0) is 0 Å². The van der Waals surface area contributed by atoms with Gasteiger partial charge < -0.3 is 4.90 Å². The summed E-state index contributed by atoms with van der Waals surface area (Å²) < 4.78 is 0. The van der Waals surface area contributed by atoms with Gasteiger partial charge in [0.25, 0.3) is 5.91 Å². The van der Waals surface area contributed by atoms with Crippen molar-refractivity contribution in [2.24, 2.45) is 0 Å². The Kier molecular flexibility index (Phi) is 5.90. The molecule has 0 aromatic heterocycles. The molecule has 2 nitrogen and oxygen atoms in total. The summed E-state index contributed by atoms with van der Waals surface area (Å²) in [6.07, 6.45) is 0. The van der Waals surface area contributed by atoms with Gasteiger partial charge in [-0.15, -0.1) is 11.6 Å². The van der Waals surface area contributed by atoms with Gasteiger partial charge in [-0.05, 0) is 25.1 Å². The van der Waals surface area contributed by atoms with E-state index >= 15 is 0 Å². The molecule has 0 saturated heterocycles. The molecule has 1 aromatic carbocycles. The number of hydrogen-bond acceptors (Lipinski definition) is 1. The summed E-state index contributed by atoms with van der Waals surface area (Å²) >= 11 is 12.4. The minimum absolute atomic E-state index is 0.0105. The van der Waals surface area contributed by atoms with E-state index in [-0.39, 0.29) is 5.91 Å². The number of rotatable bonds is 5. The maximum atomic E-state index is 12.6. The number of benzene rings is 1. The third-order valence-corrected chi connectivity index (χ3v) is 8.20. The maximum absolute atomic E-state index is 12.6. The Morgan fingerprint density at radius 1 is 1.26 bits per heavy atom. The second kappa shape index (κ2) is 6.78. The number of carbonyl (C=O) groups is 1.